The van der Waals surface area contributed by atoms with Crippen molar-refractivity contribution in [3.63, 3.8) is 0 Å². The SMILES string of the molecule is CCCCN.[H-].[H-].[H-].[Li+].[Mg+2]. The van der Waals surface area contributed by atoms with Crippen molar-refractivity contribution >= 4 is 23.1 Å². The Bertz CT molecular complexity index is 28.0. The van der Waals surface area contributed by atoms with Gasteiger partial charge in [0.15, 0.2) is 0 Å². The van der Waals surface area contributed by atoms with Crippen LogP contribution in [0, 0.1) is 0 Å². The molecule has 0 heterocycles. The Morgan fingerprint density at radius 3 is 2.00 bits per heavy atom. The Balaban J connectivity index is -0.00000000800. The van der Waals surface area contributed by atoms with E-state index < -0.39 is 0 Å². The summed E-state index contributed by atoms with van der Waals surface area (Å²) in [5, 5.41) is 0. The molecule has 0 fully saturated rings. The molecule has 0 aromatic carbocycles. The Kier molecular flexibility index (Phi) is 35.3. The maximum absolute atomic E-state index is 5.14. The molecule has 0 aliphatic heterocycles. The van der Waals surface area contributed by atoms with Crippen LogP contribution in [0.4, 0.5) is 0 Å². The first-order valence-electron chi connectivity index (χ1n) is 2.12. The Morgan fingerprint density at radius 2 is 2.00 bits per heavy atom. The minimum atomic E-state index is 0. The molecular formula is C4H14LiMgN. The molecule has 0 aliphatic rings. The first kappa shape index (κ1) is 15.8. The third-order valence-electron chi connectivity index (χ3n) is 0.558. The summed E-state index contributed by atoms with van der Waals surface area (Å²) < 4.78 is 0. The molecule has 7 heavy (non-hydrogen) atoms. The monoisotopic (exact) mass is 107 g/mol. The van der Waals surface area contributed by atoms with Crippen LogP contribution in [0.3, 0.4) is 0 Å². The zero-order valence-corrected chi connectivity index (χ0v) is 6.82. The van der Waals surface area contributed by atoms with E-state index in [0.717, 1.165) is 6.54 Å². The topological polar surface area (TPSA) is 26.0 Å². The molecule has 0 unspecified atom stereocenters. The van der Waals surface area contributed by atoms with Crippen molar-refractivity contribution in [1.29, 1.82) is 0 Å². The summed E-state index contributed by atoms with van der Waals surface area (Å²) in [7, 11) is 0. The molecule has 0 saturated heterocycles. The summed E-state index contributed by atoms with van der Waals surface area (Å²) in [6.45, 7) is 2.98. The van der Waals surface area contributed by atoms with Crippen LogP contribution in [0.15, 0.2) is 0 Å². The molecule has 0 bridgehead atoms. The van der Waals surface area contributed by atoms with Gasteiger partial charge in [0.05, 0.1) is 0 Å². The van der Waals surface area contributed by atoms with Crippen LogP contribution in [-0.4, -0.2) is 29.6 Å². The first-order valence-corrected chi connectivity index (χ1v) is 2.12. The number of nitrogens with two attached hydrogens (primary N) is 1. The van der Waals surface area contributed by atoms with Gasteiger partial charge in [0, 0.05) is 0 Å². The molecule has 0 aromatic heterocycles. The molecule has 0 atom stereocenters. The summed E-state index contributed by atoms with van der Waals surface area (Å²) in [5.41, 5.74) is 5.14. The molecule has 0 radical (unpaired) electrons. The van der Waals surface area contributed by atoms with E-state index in [0.29, 0.717) is 0 Å². The van der Waals surface area contributed by atoms with Gasteiger partial charge < -0.3 is 10.0 Å². The van der Waals surface area contributed by atoms with E-state index in [4.69, 9.17) is 5.73 Å². The summed E-state index contributed by atoms with van der Waals surface area (Å²) in [6, 6.07) is 0. The number of hydrogen-bond acceptors (Lipinski definition) is 1. The van der Waals surface area contributed by atoms with Crippen molar-refractivity contribution in [2.24, 2.45) is 5.73 Å². The van der Waals surface area contributed by atoms with Gasteiger partial charge in [-0.1, -0.05) is 13.3 Å². The average Bonchev–Trinajstić information content (AvgIpc) is 1.41. The van der Waals surface area contributed by atoms with Gasteiger partial charge in [-0.25, -0.2) is 0 Å². The molecule has 0 saturated carbocycles. The van der Waals surface area contributed by atoms with E-state index in [2.05, 4.69) is 6.92 Å². The van der Waals surface area contributed by atoms with Gasteiger partial charge in [0.2, 0.25) is 0 Å². The molecule has 2 N–H and O–H groups in total. The van der Waals surface area contributed by atoms with Crippen LogP contribution in [0.2, 0.25) is 0 Å². The van der Waals surface area contributed by atoms with Gasteiger partial charge in [-0.05, 0) is 13.0 Å². The normalized spacial score (nSPS) is 6.00. The fraction of sp³-hybridized carbons (Fsp3) is 1.00. The standard InChI is InChI=1S/C4H11N.Li.Mg.3H/c1-2-3-4-5;;;;;/h2-5H2,1H3;;;;;/q;+1;+2;3*-1. The van der Waals surface area contributed by atoms with Crippen LogP contribution >= 0.6 is 0 Å². The zero-order chi connectivity index (χ0) is 4.12. The number of rotatable bonds is 2. The predicted octanol–water partition coefficient (Wildman–Crippen LogP) is -2.29. The Labute approximate surface area is 78.2 Å². The van der Waals surface area contributed by atoms with E-state index in [1.54, 1.807) is 0 Å². The maximum atomic E-state index is 5.14. The van der Waals surface area contributed by atoms with E-state index >= 15 is 0 Å². The van der Waals surface area contributed by atoms with Gasteiger partial charge in [0.1, 0.15) is 0 Å². The van der Waals surface area contributed by atoms with Crippen LogP contribution in [-0.2, 0) is 0 Å². The molecule has 38 valence electrons. The second-order valence-electron chi connectivity index (χ2n) is 1.14. The Morgan fingerprint density at radius 1 is 1.57 bits per heavy atom. The van der Waals surface area contributed by atoms with Crippen molar-refractivity contribution in [2.75, 3.05) is 6.54 Å². The van der Waals surface area contributed by atoms with Gasteiger partial charge in [-0.3, -0.25) is 0 Å². The second-order valence-corrected chi connectivity index (χ2v) is 1.14. The van der Waals surface area contributed by atoms with Crippen LogP contribution in [0.1, 0.15) is 24.0 Å². The third-order valence-corrected chi connectivity index (χ3v) is 0.558. The van der Waals surface area contributed by atoms with Gasteiger partial charge in [-0.15, -0.1) is 0 Å². The van der Waals surface area contributed by atoms with Crippen LogP contribution in [0.5, 0.6) is 0 Å². The summed E-state index contributed by atoms with van der Waals surface area (Å²) in [5.74, 6) is 0. The molecule has 0 rings (SSSR count). The minimum absolute atomic E-state index is 0. The molecule has 3 heteroatoms. The van der Waals surface area contributed by atoms with Gasteiger partial charge in [0.25, 0.3) is 0 Å². The van der Waals surface area contributed by atoms with Crippen molar-refractivity contribution in [1.82, 2.24) is 0 Å². The van der Waals surface area contributed by atoms with E-state index in [1.165, 1.54) is 12.8 Å². The summed E-state index contributed by atoms with van der Waals surface area (Å²) in [4.78, 5) is 0. The van der Waals surface area contributed by atoms with Crippen molar-refractivity contribution in [3.8, 4) is 0 Å². The summed E-state index contributed by atoms with van der Waals surface area (Å²) >= 11 is 0. The third kappa shape index (κ3) is 18.8. The van der Waals surface area contributed by atoms with Gasteiger partial charge in [-0.2, -0.15) is 0 Å². The zero-order valence-electron chi connectivity index (χ0n) is 8.41. The van der Waals surface area contributed by atoms with E-state index in [9.17, 15) is 0 Å². The molecule has 1 nitrogen and oxygen atoms in total. The number of unbranched alkanes of at least 4 members (excludes halogenated alkanes) is 1. The Hall–Kier alpha value is 1.32. The number of hydrogen-bond donors (Lipinski definition) is 1. The smallest absolute Gasteiger partial charge is 1.00 e. The van der Waals surface area contributed by atoms with Crippen LogP contribution < -0.4 is 24.6 Å². The summed E-state index contributed by atoms with van der Waals surface area (Å²) in [6.07, 6.45) is 2.39. The molecule has 0 aliphatic carbocycles. The predicted molar refractivity (Wildman–Crippen MR) is 33.1 cm³/mol. The largest absolute Gasteiger partial charge is 2.00 e. The second kappa shape index (κ2) is 15.7. The van der Waals surface area contributed by atoms with Crippen molar-refractivity contribution < 1.29 is 23.1 Å². The van der Waals surface area contributed by atoms with Gasteiger partial charge >= 0.3 is 41.9 Å². The molecule has 0 spiro atoms. The van der Waals surface area contributed by atoms with E-state index in [1.807, 2.05) is 0 Å². The molecule has 0 aromatic rings. The quantitative estimate of drug-likeness (QED) is 0.395. The fourth-order valence-electron chi connectivity index (χ4n) is 0.204. The first-order chi connectivity index (χ1) is 2.41. The van der Waals surface area contributed by atoms with Crippen molar-refractivity contribution in [2.45, 2.75) is 19.8 Å². The maximum Gasteiger partial charge on any atom is 2.00 e. The van der Waals surface area contributed by atoms with Crippen LogP contribution in [0.25, 0.3) is 0 Å². The van der Waals surface area contributed by atoms with Crippen molar-refractivity contribution in [3.05, 3.63) is 0 Å². The molecular weight excluding hydrogens is 93.3 g/mol. The average molecular weight is 107 g/mol. The minimum Gasteiger partial charge on any atom is -1.00 e. The molecule has 0 amide bonds. The van der Waals surface area contributed by atoms with E-state index in [-0.39, 0.29) is 46.2 Å². The fourth-order valence-corrected chi connectivity index (χ4v) is 0.204.